The van der Waals surface area contributed by atoms with Crippen molar-refractivity contribution < 1.29 is 23.9 Å². The van der Waals surface area contributed by atoms with Gasteiger partial charge in [-0.2, -0.15) is 12.6 Å². The first-order valence-electron chi connectivity index (χ1n) is 4.57. The minimum Gasteiger partial charge on any atom is -0.481 e. The molecule has 0 bridgehead atoms. The van der Waals surface area contributed by atoms with Crippen molar-refractivity contribution in [1.82, 2.24) is 0 Å². The largest absolute Gasteiger partial charge is 0.481 e. The van der Waals surface area contributed by atoms with E-state index in [0.717, 1.165) is 0 Å². The number of quaternary nitrogens is 1. The van der Waals surface area contributed by atoms with Crippen LogP contribution in [0.4, 0.5) is 0 Å². The molecule has 0 aliphatic rings. The number of esters is 1. The Morgan fingerprint density at radius 2 is 1.93 bits per heavy atom. The maximum absolute atomic E-state index is 11.0. The van der Waals surface area contributed by atoms with Crippen LogP contribution < -0.4 is 0 Å². The molecule has 0 aliphatic carbocycles. The average molecular weight is 236 g/mol. The van der Waals surface area contributed by atoms with E-state index in [1.54, 1.807) is 0 Å². The van der Waals surface area contributed by atoms with Crippen molar-refractivity contribution in [3.05, 3.63) is 0 Å². The van der Waals surface area contributed by atoms with E-state index in [0.29, 0.717) is 11.0 Å². The summed E-state index contributed by atoms with van der Waals surface area (Å²) in [6.45, 7) is 0.464. The van der Waals surface area contributed by atoms with E-state index in [4.69, 9.17) is 9.84 Å². The van der Waals surface area contributed by atoms with Gasteiger partial charge in [0.2, 0.25) is 0 Å². The number of hydrogen-bond donors (Lipinski definition) is 2. The Labute approximate surface area is 95.0 Å². The van der Waals surface area contributed by atoms with Crippen molar-refractivity contribution in [2.24, 2.45) is 0 Å². The summed E-state index contributed by atoms with van der Waals surface area (Å²) in [5.74, 6) is -1.49. The average Bonchev–Trinajstić information content (AvgIpc) is 1.99. The van der Waals surface area contributed by atoms with Gasteiger partial charge in [0, 0.05) is 0 Å². The van der Waals surface area contributed by atoms with Crippen molar-refractivity contribution in [2.45, 2.75) is 12.5 Å². The Balaban J connectivity index is 4.31. The molecule has 0 saturated carbocycles. The molecule has 15 heavy (non-hydrogen) atoms. The Morgan fingerprint density at radius 3 is 2.27 bits per heavy atom. The monoisotopic (exact) mass is 236 g/mol. The molecule has 6 heteroatoms. The molecule has 0 unspecified atom stereocenters. The number of ether oxygens (including phenoxy) is 1. The highest BCUT2D eigenvalue weighted by Crippen LogP contribution is 2.05. The number of likely N-dealkylation sites (N-methyl/N-ethyl adjacent to an activating group) is 1. The fourth-order valence-electron chi connectivity index (χ4n) is 1.17. The predicted octanol–water partition coefficient (Wildman–Crippen LogP) is 0.00890. The highest BCUT2D eigenvalue weighted by Gasteiger charge is 2.24. The first-order valence-corrected chi connectivity index (χ1v) is 5.20. The lowest BCUT2D eigenvalue weighted by molar-refractivity contribution is -0.873. The Hall–Kier alpha value is -0.750. The van der Waals surface area contributed by atoms with Gasteiger partial charge in [0.25, 0.3) is 0 Å². The van der Waals surface area contributed by atoms with Gasteiger partial charge in [-0.15, -0.1) is 0 Å². The third-order valence-corrected chi connectivity index (χ3v) is 1.84. The van der Waals surface area contributed by atoms with E-state index in [1.807, 2.05) is 21.1 Å². The normalized spacial score (nSPS) is 13.3. The molecule has 0 fully saturated rings. The van der Waals surface area contributed by atoms with Crippen LogP contribution in [0.15, 0.2) is 0 Å². The Morgan fingerprint density at radius 1 is 1.40 bits per heavy atom. The lowest BCUT2D eigenvalue weighted by atomic mass is 10.2. The fourth-order valence-corrected chi connectivity index (χ4v) is 1.25. The van der Waals surface area contributed by atoms with Gasteiger partial charge in [0.1, 0.15) is 6.54 Å². The quantitative estimate of drug-likeness (QED) is 0.387. The summed E-state index contributed by atoms with van der Waals surface area (Å²) in [6, 6.07) is 0. The zero-order chi connectivity index (χ0) is 12.1. The van der Waals surface area contributed by atoms with Crippen molar-refractivity contribution >= 4 is 24.6 Å². The summed E-state index contributed by atoms with van der Waals surface area (Å²) >= 11 is 3.77. The van der Waals surface area contributed by atoms with Crippen molar-refractivity contribution in [3.63, 3.8) is 0 Å². The molecule has 88 valence electrons. The van der Waals surface area contributed by atoms with Gasteiger partial charge < -0.3 is 14.3 Å². The van der Waals surface area contributed by atoms with E-state index in [9.17, 15) is 9.59 Å². The summed E-state index contributed by atoms with van der Waals surface area (Å²) < 4.78 is 5.51. The third kappa shape index (κ3) is 8.26. The number of carbonyl (C=O) groups excluding carboxylic acids is 1. The number of hydrogen-bond acceptors (Lipinski definition) is 4. The van der Waals surface area contributed by atoms with Crippen LogP contribution in [-0.2, 0) is 14.3 Å². The Kier molecular flexibility index (Phi) is 5.67. The SMILES string of the molecule is C[N+](C)(C)C[C@@H](CC(=O)O)OC(=O)CS. The van der Waals surface area contributed by atoms with Crippen molar-refractivity contribution in [1.29, 1.82) is 0 Å². The minimum absolute atomic E-state index is 0.0345. The smallest absolute Gasteiger partial charge is 0.316 e. The fraction of sp³-hybridized carbons (Fsp3) is 0.778. The molecule has 0 spiro atoms. The maximum atomic E-state index is 11.0. The molecule has 0 amide bonds. The van der Waals surface area contributed by atoms with Crippen molar-refractivity contribution in [3.8, 4) is 0 Å². The molecule has 0 saturated heterocycles. The van der Waals surface area contributed by atoms with Gasteiger partial charge >= 0.3 is 11.9 Å². The summed E-state index contributed by atoms with van der Waals surface area (Å²) in [5.41, 5.74) is 0. The van der Waals surface area contributed by atoms with Crippen LogP contribution in [0.2, 0.25) is 0 Å². The van der Waals surface area contributed by atoms with Gasteiger partial charge in [-0.1, -0.05) is 0 Å². The first kappa shape index (κ1) is 14.2. The topological polar surface area (TPSA) is 63.6 Å². The number of carboxylic acids is 1. The zero-order valence-electron chi connectivity index (χ0n) is 9.27. The number of carboxylic acid groups (broad SMARTS) is 1. The molecule has 0 heterocycles. The molecule has 0 aliphatic heterocycles. The summed E-state index contributed by atoms with van der Waals surface area (Å²) in [7, 11) is 5.72. The third-order valence-electron chi connectivity index (χ3n) is 1.58. The highest BCUT2D eigenvalue weighted by atomic mass is 32.1. The van der Waals surface area contributed by atoms with Crippen LogP contribution in [0.3, 0.4) is 0 Å². The standard InChI is InChI=1S/C9H17NO4S/c1-10(2,3)5-7(4-8(11)12)14-9(13)6-15/h7H,4-6H2,1-3H3,(H-,11,12,15)/p+1/t7-/m1/s1. The molecule has 5 nitrogen and oxygen atoms in total. The number of rotatable bonds is 6. The summed E-state index contributed by atoms with van der Waals surface area (Å²) in [6.07, 6.45) is -0.767. The number of aliphatic carboxylic acids is 1. The molecule has 1 N–H and O–H groups in total. The number of carbonyl (C=O) groups is 2. The lowest BCUT2D eigenvalue weighted by Crippen LogP contribution is -2.43. The van der Waals surface area contributed by atoms with Gasteiger partial charge in [-0.25, -0.2) is 0 Å². The molecule has 0 aromatic heterocycles. The summed E-state index contributed by atoms with van der Waals surface area (Å²) in [4.78, 5) is 21.5. The molecule has 1 atom stereocenters. The minimum atomic E-state index is -0.972. The molecule has 0 radical (unpaired) electrons. The Bertz CT molecular complexity index is 237. The lowest BCUT2D eigenvalue weighted by Gasteiger charge is -2.28. The van der Waals surface area contributed by atoms with Crippen LogP contribution in [0.1, 0.15) is 6.42 Å². The van der Waals surface area contributed by atoms with Gasteiger partial charge in [-0.05, 0) is 0 Å². The van der Waals surface area contributed by atoms with E-state index < -0.39 is 18.0 Å². The van der Waals surface area contributed by atoms with E-state index in [1.165, 1.54) is 0 Å². The van der Waals surface area contributed by atoms with E-state index in [2.05, 4.69) is 12.6 Å². The molecular weight excluding hydrogens is 218 g/mol. The predicted molar refractivity (Wildman–Crippen MR) is 58.9 cm³/mol. The second-order valence-electron chi connectivity index (χ2n) is 4.34. The van der Waals surface area contributed by atoms with Crippen LogP contribution in [0.5, 0.6) is 0 Å². The van der Waals surface area contributed by atoms with Crippen LogP contribution >= 0.6 is 12.6 Å². The van der Waals surface area contributed by atoms with Gasteiger partial charge in [0.15, 0.2) is 6.10 Å². The van der Waals surface area contributed by atoms with E-state index in [-0.39, 0.29) is 12.2 Å². The summed E-state index contributed by atoms with van der Waals surface area (Å²) in [5, 5.41) is 8.65. The van der Waals surface area contributed by atoms with Crippen LogP contribution in [0.25, 0.3) is 0 Å². The first-order chi connectivity index (χ1) is 6.74. The second kappa shape index (κ2) is 5.97. The number of nitrogens with zero attached hydrogens (tertiary/aromatic N) is 1. The highest BCUT2D eigenvalue weighted by molar-refractivity contribution is 7.81. The van der Waals surface area contributed by atoms with Crippen molar-refractivity contribution in [2.75, 3.05) is 33.4 Å². The molecule has 0 rings (SSSR count). The molecular formula is C9H18NO4S+. The van der Waals surface area contributed by atoms with Gasteiger partial charge in [0.05, 0.1) is 33.3 Å². The second-order valence-corrected chi connectivity index (χ2v) is 4.66. The molecule has 0 aromatic carbocycles. The van der Waals surface area contributed by atoms with Crippen LogP contribution in [0, 0.1) is 0 Å². The van der Waals surface area contributed by atoms with Gasteiger partial charge in [-0.3, -0.25) is 9.59 Å². The number of thiol groups is 1. The molecule has 0 aromatic rings. The van der Waals surface area contributed by atoms with Crippen LogP contribution in [-0.4, -0.2) is 61.1 Å². The zero-order valence-corrected chi connectivity index (χ0v) is 10.2. The van der Waals surface area contributed by atoms with E-state index >= 15 is 0 Å². The maximum Gasteiger partial charge on any atom is 0.316 e.